The van der Waals surface area contributed by atoms with Gasteiger partial charge in [-0.3, -0.25) is 4.90 Å². The number of nitrogens with zero attached hydrogens (tertiary/aromatic N) is 1. The standard InChI is InChI=1S/C17H28N2O/c1-13-7-10-16(20-13)12-19(2)11-15-9-8-14-5-3-4-6-17(14)18-15/h7,10,14-15,17-18H,3-6,8-9,11-12H2,1-2H3. The largest absolute Gasteiger partial charge is 0.465 e. The molecule has 3 nitrogen and oxygen atoms in total. The Morgan fingerprint density at radius 1 is 1.20 bits per heavy atom. The van der Waals surface area contributed by atoms with Gasteiger partial charge < -0.3 is 9.73 Å². The first-order valence-electron chi connectivity index (χ1n) is 8.20. The van der Waals surface area contributed by atoms with E-state index in [2.05, 4.69) is 29.4 Å². The van der Waals surface area contributed by atoms with Gasteiger partial charge in [0.25, 0.3) is 0 Å². The maximum absolute atomic E-state index is 5.67. The first-order valence-corrected chi connectivity index (χ1v) is 8.20. The van der Waals surface area contributed by atoms with Gasteiger partial charge in [0.2, 0.25) is 0 Å². The first kappa shape index (κ1) is 14.2. The van der Waals surface area contributed by atoms with Gasteiger partial charge in [-0.25, -0.2) is 0 Å². The van der Waals surface area contributed by atoms with E-state index in [9.17, 15) is 0 Å². The Morgan fingerprint density at radius 2 is 2.05 bits per heavy atom. The molecule has 1 N–H and O–H groups in total. The maximum atomic E-state index is 5.67. The molecule has 3 heteroatoms. The summed E-state index contributed by atoms with van der Waals surface area (Å²) in [4.78, 5) is 2.39. The van der Waals surface area contributed by atoms with Crippen molar-refractivity contribution in [3.05, 3.63) is 23.7 Å². The summed E-state index contributed by atoms with van der Waals surface area (Å²) in [7, 11) is 2.20. The van der Waals surface area contributed by atoms with Gasteiger partial charge in [0, 0.05) is 18.6 Å². The Bertz CT molecular complexity index is 428. The van der Waals surface area contributed by atoms with Crippen LogP contribution >= 0.6 is 0 Å². The van der Waals surface area contributed by atoms with Crippen molar-refractivity contribution in [2.24, 2.45) is 5.92 Å². The molecule has 20 heavy (non-hydrogen) atoms. The van der Waals surface area contributed by atoms with Gasteiger partial charge in [-0.15, -0.1) is 0 Å². The number of aryl methyl sites for hydroxylation is 1. The molecule has 1 aromatic rings. The second-order valence-electron chi connectivity index (χ2n) is 6.80. The fourth-order valence-electron chi connectivity index (χ4n) is 3.99. The summed E-state index contributed by atoms with van der Waals surface area (Å²) in [6.07, 6.45) is 8.47. The van der Waals surface area contributed by atoms with E-state index in [4.69, 9.17) is 4.42 Å². The van der Waals surface area contributed by atoms with E-state index in [1.807, 2.05) is 6.92 Å². The van der Waals surface area contributed by atoms with Crippen LogP contribution in [0.4, 0.5) is 0 Å². The van der Waals surface area contributed by atoms with Crippen LogP contribution in [-0.2, 0) is 6.54 Å². The van der Waals surface area contributed by atoms with Crippen LogP contribution in [0, 0.1) is 12.8 Å². The fraction of sp³-hybridized carbons (Fsp3) is 0.765. The lowest BCUT2D eigenvalue weighted by molar-refractivity contribution is 0.148. The number of fused-ring (bicyclic) bond motifs is 1. The highest BCUT2D eigenvalue weighted by Gasteiger charge is 2.31. The molecule has 1 aromatic heterocycles. The lowest BCUT2D eigenvalue weighted by atomic mass is 9.78. The van der Waals surface area contributed by atoms with Crippen molar-refractivity contribution in [3.8, 4) is 0 Å². The van der Waals surface area contributed by atoms with Crippen LogP contribution in [-0.4, -0.2) is 30.6 Å². The van der Waals surface area contributed by atoms with Crippen LogP contribution in [0.3, 0.4) is 0 Å². The van der Waals surface area contributed by atoms with Gasteiger partial charge in [-0.1, -0.05) is 12.8 Å². The minimum Gasteiger partial charge on any atom is -0.465 e. The van der Waals surface area contributed by atoms with Crippen LogP contribution in [0.5, 0.6) is 0 Å². The zero-order valence-electron chi connectivity index (χ0n) is 12.9. The van der Waals surface area contributed by atoms with Crippen LogP contribution in [0.1, 0.15) is 50.0 Å². The molecule has 0 radical (unpaired) electrons. The van der Waals surface area contributed by atoms with Crippen LogP contribution in [0.25, 0.3) is 0 Å². The lowest BCUT2D eigenvalue weighted by Crippen LogP contribution is -2.52. The van der Waals surface area contributed by atoms with Gasteiger partial charge in [0.05, 0.1) is 6.54 Å². The van der Waals surface area contributed by atoms with Crippen molar-refractivity contribution >= 4 is 0 Å². The molecule has 3 atom stereocenters. The zero-order valence-corrected chi connectivity index (χ0v) is 12.9. The van der Waals surface area contributed by atoms with Crippen molar-refractivity contribution in [1.29, 1.82) is 0 Å². The van der Waals surface area contributed by atoms with E-state index in [0.717, 1.165) is 36.6 Å². The average molecular weight is 276 g/mol. The molecular weight excluding hydrogens is 248 g/mol. The highest BCUT2D eigenvalue weighted by Crippen LogP contribution is 2.32. The Balaban J connectivity index is 1.48. The Morgan fingerprint density at radius 3 is 2.85 bits per heavy atom. The third-order valence-electron chi connectivity index (χ3n) is 5.00. The van der Waals surface area contributed by atoms with Crippen molar-refractivity contribution in [1.82, 2.24) is 10.2 Å². The van der Waals surface area contributed by atoms with Crippen LogP contribution < -0.4 is 5.32 Å². The Hall–Kier alpha value is -0.800. The number of furan rings is 1. The second kappa shape index (κ2) is 6.31. The Kier molecular flexibility index (Phi) is 4.47. The van der Waals surface area contributed by atoms with Gasteiger partial charge in [-0.05, 0) is 57.7 Å². The molecule has 3 unspecified atom stereocenters. The van der Waals surface area contributed by atoms with E-state index in [-0.39, 0.29) is 0 Å². The number of hydrogen-bond acceptors (Lipinski definition) is 3. The number of rotatable bonds is 4. The monoisotopic (exact) mass is 276 g/mol. The van der Waals surface area contributed by atoms with Crippen LogP contribution in [0.2, 0.25) is 0 Å². The quantitative estimate of drug-likeness (QED) is 0.914. The molecule has 1 saturated heterocycles. The van der Waals surface area contributed by atoms with Crippen molar-refractivity contribution < 1.29 is 4.42 Å². The van der Waals surface area contributed by atoms with E-state index in [1.165, 1.54) is 38.5 Å². The van der Waals surface area contributed by atoms with E-state index in [1.54, 1.807) is 0 Å². The van der Waals surface area contributed by atoms with E-state index in [0.29, 0.717) is 6.04 Å². The summed E-state index contributed by atoms with van der Waals surface area (Å²) in [5.74, 6) is 3.05. The minimum absolute atomic E-state index is 0.662. The fourth-order valence-corrected chi connectivity index (χ4v) is 3.99. The third-order valence-corrected chi connectivity index (χ3v) is 5.00. The van der Waals surface area contributed by atoms with Gasteiger partial charge in [0.15, 0.2) is 0 Å². The molecule has 0 aromatic carbocycles. The predicted octanol–water partition coefficient (Wildman–Crippen LogP) is 3.33. The summed E-state index contributed by atoms with van der Waals surface area (Å²) >= 11 is 0. The summed E-state index contributed by atoms with van der Waals surface area (Å²) in [5, 5.41) is 3.90. The molecule has 1 saturated carbocycles. The molecule has 3 rings (SSSR count). The molecule has 0 spiro atoms. The molecule has 1 aliphatic carbocycles. The van der Waals surface area contributed by atoms with E-state index < -0.39 is 0 Å². The topological polar surface area (TPSA) is 28.4 Å². The number of piperidine rings is 1. The lowest BCUT2D eigenvalue weighted by Gasteiger charge is -2.41. The van der Waals surface area contributed by atoms with Gasteiger partial charge in [0.1, 0.15) is 11.5 Å². The molecule has 0 amide bonds. The maximum Gasteiger partial charge on any atom is 0.118 e. The first-order chi connectivity index (χ1) is 9.70. The number of hydrogen-bond donors (Lipinski definition) is 1. The summed E-state index contributed by atoms with van der Waals surface area (Å²) in [5.41, 5.74) is 0. The molecule has 2 aliphatic rings. The number of likely N-dealkylation sites (N-methyl/N-ethyl adjacent to an activating group) is 1. The molecule has 0 bridgehead atoms. The number of nitrogens with one attached hydrogen (secondary N) is 1. The molecule has 2 fully saturated rings. The molecular formula is C17H28N2O. The highest BCUT2D eigenvalue weighted by molar-refractivity contribution is 5.05. The third kappa shape index (κ3) is 3.44. The normalized spacial score (nSPS) is 30.4. The smallest absolute Gasteiger partial charge is 0.118 e. The molecule has 1 aliphatic heterocycles. The van der Waals surface area contributed by atoms with Crippen molar-refractivity contribution in [2.45, 2.75) is 64.1 Å². The predicted molar refractivity (Wildman–Crippen MR) is 81.7 cm³/mol. The summed E-state index contributed by atoms with van der Waals surface area (Å²) < 4.78 is 5.67. The summed E-state index contributed by atoms with van der Waals surface area (Å²) in [6.45, 7) is 4.05. The molecule has 112 valence electrons. The van der Waals surface area contributed by atoms with Crippen molar-refractivity contribution in [3.63, 3.8) is 0 Å². The van der Waals surface area contributed by atoms with Gasteiger partial charge >= 0.3 is 0 Å². The zero-order chi connectivity index (χ0) is 13.9. The van der Waals surface area contributed by atoms with E-state index >= 15 is 0 Å². The molecule has 2 heterocycles. The average Bonchev–Trinajstić information content (AvgIpc) is 2.83. The minimum atomic E-state index is 0.662. The Labute approximate surface area is 122 Å². The second-order valence-corrected chi connectivity index (χ2v) is 6.80. The van der Waals surface area contributed by atoms with Crippen LogP contribution in [0.15, 0.2) is 16.5 Å². The highest BCUT2D eigenvalue weighted by atomic mass is 16.3. The van der Waals surface area contributed by atoms with Crippen molar-refractivity contribution in [2.75, 3.05) is 13.6 Å². The van der Waals surface area contributed by atoms with Gasteiger partial charge in [-0.2, -0.15) is 0 Å². The SMILES string of the molecule is Cc1ccc(CN(C)CC2CCC3CCCCC3N2)o1. The summed E-state index contributed by atoms with van der Waals surface area (Å²) in [6, 6.07) is 5.60.